The zero-order valence-electron chi connectivity index (χ0n) is 13.6. The quantitative estimate of drug-likeness (QED) is 0.703. The third-order valence-electron chi connectivity index (χ3n) is 3.49. The van der Waals surface area contributed by atoms with E-state index in [0.717, 1.165) is 10.4 Å². The lowest BCUT2D eigenvalue weighted by Crippen LogP contribution is -2.37. The van der Waals surface area contributed by atoms with E-state index in [0.29, 0.717) is 5.56 Å². The molecule has 2 aromatic rings. The molecule has 0 fully saturated rings. The molecular formula is C18H20N2O3S. The fourth-order valence-electron chi connectivity index (χ4n) is 2.05. The second-order valence-electron chi connectivity index (χ2n) is 5.50. The third kappa shape index (κ3) is 4.78. The van der Waals surface area contributed by atoms with Crippen LogP contribution in [0.5, 0.6) is 0 Å². The van der Waals surface area contributed by atoms with Crippen LogP contribution in [0.4, 0.5) is 0 Å². The first-order valence-corrected chi connectivity index (χ1v) is 8.35. The van der Waals surface area contributed by atoms with E-state index in [-0.39, 0.29) is 18.4 Å². The van der Waals surface area contributed by atoms with E-state index in [1.165, 1.54) is 17.4 Å². The Kier molecular flexibility index (Phi) is 5.89. The normalized spacial score (nSPS) is 13.5. The topological polar surface area (TPSA) is 78.4 Å². The molecule has 2 rings (SSSR count). The lowest BCUT2D eigenvalue weighted by atomic mass is 10.1. The van der Waals surface area contributed by atoms with E-state index < -0.39 is 5.60 Å². The fourth-order valence-corrected chi connectivity index (χ4v) is 2.84. The van der Waals surface area contributed by atoms with Crippen LogP contribution in [-0.2, 0) is 10.4 Å². The predicted octanol–water partition coefficient (Wildman–Crippen LogP) is 2.14. The first-order valence-electron chi connectivity index (χ1n) is 7.47. The fraction of sp³-hybridized carbons (Fsp3) is 0.222. The highest BCUT2D eigenvalue weighted by Gasteiger charge is 2.24. The molecule has 0 aliphatic carbocycles. The van der Waals surface area contributed by atoms with Gasteiger partial charge in [0.25, 0.3) is 5.91 Å². The molecule has 0 saturated heterocycles. The maximum absolute atomic E-state index is 11.9. The minimum atomic E-state index is -1.09. The van der Waals surface area contributed by atoms with Crippen molar-refractivity contribution < 1.29 is 14.7 Å². The highest BCUT2D eigenvalue weighted by Crippen LogP contribution is 2.24. The first kappa shape index (κ1) is 17.9. The second-order valence-corrected chi connectivity index (χ2v) is 6.45. The van der Waals surface area contributed by atoms with Crippen molar-refractivity contribution >= 4 is 29.2 Å². The summed E-state index contributed by atoms with van der Waals surface area (Å²) in [5.41, 5.74) is 0.279. The molecule has 0 aliphatic heterocycles. The van der Waals surface area contributed by atoms with Crippen molar-refractivity contribution in [3.8, 4) is 0 Å². The van der Waals surface area contributed by atoms with Gasteiger partial charge in [-0.1, -0.05) is 18.2 Å². The molecule has 1 aromatic heterocycles. The Morgan fingerprint density at radius 3 is 2.54 bits per heavy atom. The van der Waals surface area contributed by atoms with Crippen LogP contribution in [0.2, 0.25) is 0 Å². The zero-order chi connectivity index (χ0) is 17.6. The average molecular weight is 344 g/mol. The van der Waals surface area contributed by atoms with Gasteiger partial charge in [-0.15, -0.1) is 11.3 Å². The molecule has 1 aromatic carbocycles. The molecule has 5 nitrogen and oxygen atoms in total. The number of nitrogens with one attached hydrogen (secondary N) is 2. The van der Waals surface area contributed by atoms with Gasteiger partial charge in [-0.05, 0) is 42.1 Å². The van der Waals surface area contributed by atoms with Crippen LogP contribution < -0.4 is 10.6 Å². The minimum absolute atomic E-state index is 0.131. The second kappa shape index (κ2) is 7.90. The van der Waals surface area contributed by atoms with E-state index >= 15 is 0 Å². The van der Waals surface area contributed by atoms with E-state index in [2.05, 4.69) is 10.6 Å². The highest BCUT2D eigenvalue weighted by molar-refractivity contribution is 7.10. The van der Waals surface area contributed by atoms with Crippen LogP contribution in [-0.4, -0.2) is 30.5 Å². The van der Waals surface area contributed by atoms with Crippen molar-refractivity contribution in [2.75, 3.05) is 13.6 Å². The summed E-state index contributed by atoms with van der Waals surface area (Å²) < 4.78 is 0. The van der Waals surface area contributed by atoms with Crippen LogP contribution in [0.1, 0.15) is 27.7 Å². The number of carbonyl (C=O) groups excluding carboxylic acids is 2. The lowest BCUT2D eigenvalue weighted by molar-refractivity contribution is -0.117. The average Bonchev–Trinajstić information content (AvgIpc) is 3.13. The maximum Gasteiger partial charge on any atom is 0.251 e. The molecule has 0 bridgehead atoms. The first-order chi connectivity index (χ1) is 11.4. The van der Waals surface area contributed by atoms with Gasteiger partial charge in [0.1, 0.15) is 5.60 Å². The Morgan fingerprint density at radius 2 is 1.96 bits per heavy atom. The number of aliphatic hydroxyl groups is 1. The zero-order valence-corrected chi connectivity index (χ0v) is 14.4. The van der Waals surface area contributed by atoms with Gasteiger partial charge >= 0.3 is 0 Å². The van der Waals surface area contributed by atoms with Crippen LogP contribution in [0.15, 0.2) is 47.9 Å². The molecule has 1 atom stereocenters. The van der Waals surface area contributed by atoms with Gasteiger partial charge in [-0.25, -0.2) is 0 Å². The molecule has 6 heteroatoms. The minimum Gasteiger partial charge on any atom is -0.383 e. The van der Waals surface area contributed by atoms with E-state index in [4.69, 9.17) is 0 Å². The van der Waals surface area contributed by atoms with Crippen molar-refractivity contribution in [2.45, 2.75) is 12.5 Å². The summed E-state index contributed by atoms with van der Waals surface area (Å²) in [5.74, 6) is -0.443. The number of benzene rings is 1. The number of hydrogen-bond donors (Lipinski definition) is 3. The Bertz CT molecular complexity index is 719. The molecule has 3 N–H and O–H groups in total. The van der Waals surface area contributed by atoms with Gasteiger partial charge in [0, 0.05) is 23.6 Å². The van der Waals surface area contributed by atoms with Crippen molar-refractivity contribution in [1.29, 1.82) is 0 Å². The summed E-state index contributed by atoms with van der Waals surface area (Å²) in [6.45, 7) is 1.80. The van der Waals surface area contributed by atoms with Crippen molar-refractivity contribution in [2.24, 2.45) is 0 Å². The molecular weight excluding hydrogens is 324 g/mol. The molecule has 0 aliphatic rings. The number of hydrogen-bond acceptors (Lipinski definition) is 4. The standard InChI is InChI=1S/C18H20N2O3S/c1-18(23,15-4-3-11-24-15)12-20-16(21)10-7-13-5-8-14(9-6-13)17(22)19-2/h3-11,23H,12H2,1-2H3,(H,19,22)(H,20,21)/b10-7+/t18-/m0/s1. The van der Waals surface area contributed by atoms with Crippen LogP contribution in [0.3, 0.4) is 0 Å². The van der Waals surface area contributed by atoms with Gasteiger partial charge < -0.3 is 15.7 Å². The summed E-state index contributed by atoms with van der Waals surface area (Å²) in [4.78, 5) is 24.1. The number of thiophene rings is 1. The number of amides is 2. The van der Waals surface area contributed by atoms with E-state index in [1.54, 1.807) is 44.3 Å². The molecule has 24 heavy (non-hydrogen) atoms. The van der Waals surface area contributed by atoms with Gasteiger partial charge in [0.2, 0.25) is 5.91 Å². The molecule has 126 valence electrons. The summed E-state index contributed by atoms with van der Waals surface area (Å²) in [6.07, 6.45) is 3.06. The van der Waals surface area contributed by atoms with Crippen LogP contribution in [0.25, 0.3) is 6.08 Å². The Balaban J connectivity index is 1.90. The van der Waals surface area contributed by atoms with Gasteiger partial charge in [-0.2, -0.15) is 0 Å². The van der Waals surface area contributed by atoms with Crippen LogP contribution >= 0.6 is 11.3 Å². The van der Waals surface area contributed by atoms with E-state index in [9.17, 15) is 14.7 Å². The Labute approximate surface area is 145 Å². The largest absolute Gasteiger partial charge is 0.383 e. The van der Waals surface area contributed by atoms with Crippen LogP contribution in [0, 0.1) is 0 Å². The van der Waals surface area contributed by atoms with Crippen molar-refractivity contribution in [1.82, 2.24) is 10.6 Å². The molecule has 0 unspecified atom stereocenters. The molecule has 1 heterocycles. The SMILES string of the molecule is CNC(=O)c1ccc(/C=C/C(=O)NC[C@](C)(O)c2cccs2)cc1. The molecule has 0 radical (unpaired) electrons. The van der Waals surface area contributed by atoms with Gasteiger partial charge in [0.05, 0.1) is 6.54 Å². The summed E-state index contributed by atoms with van der Waals surface area (Å²) >= 11 is 1.45. The molecule has 0 spiro atoms. The summed E-state index contributed by atoms with van der Waals surface area (Å²) in [7, 11) is 1.57. The highest BCUT2D eigenvalue weighted by atomic mass is 32.1. The molecule has 0 saturated carbocycles. The van der Waals surface area contributed by atoms with Gasteiger partial charge in [0.15, 0.2) is 0 Å². The van der Waals surface area contributed by atoms with Gasteiger partial charge in [-0.3, -0.25) is 9.59 Å². The Morgan fingerprint density at radius 1 is 1.25 bits per heavy atom. The number of rotatable bonds is 6. The lowest BCUT2D eigenvalue weighted by Gasteiger charge is -2.21. The maximum atomic E-state index is 11.9. The Hall–Kier alpha value is -2.44. The summed E-state index contributed by atoms with van der Waals surface area (Å²) in [6, 6.07) is 10.6. The molecule has 2 amide bonds. The monoisotopic (exact) mass is 344 g/mol. The number of carbonyl (C=O) groups is 2. The smallest absolute Gasteiger partial charge is 0.251 e. The third-order valence-corrected chi connectivity index (χ3v) is 4.61. The predicted molar refractivity (Wildman–Crippen MR) is 95.8 cm³/mol. The summed E-state index contributed by atoms with van der Waals surface area (Å²) in [5, 5.41) is 17.5. The van der Waals surface area contributed by atoms with E-state index in [1.807, 2.05) is 17.5 Å². The van der Waals surface area contributed by atoms with Crippen molar-refractivity contribution in [3.63, 3.8) is 0 Å². The van der Waals surface area contributed by atoms with Crippen molar-refractivity contribution in [3.05, 3.63) is 63.9 Å².